The van der Waals surface area contributed by atoms with Crippen LogP contribution in [0.25, 0.3) is 0 Å². The lowest BCUT2D eigenvalue weighted by Crippen LogP contribution is -2.58. The zero-order chi connectivity index (χ0) is 15.7. The fraction of sp³-hybridized carbons (Fsp3) is 0.867. The minimum atomic E-state index is -0.620. The molecule has 2 saturated heterocycles. The van der Waals surface area contributed by atoms with Crippen LogP contribution in [0.4, 0.5) is 4.79 Å². The number of likely N-dealkylation sites (tertiary alicyclic amines) is 1. The average molecular weight is 298 g/mol. The second-order valence-electron chi connectivity index (χ2n) is 6.80. The van der Waals surface area contributed by atoms with Gasteiger partial charge in [-0.1, -0.05) is 0 Å². The van der Waals surface area contributed by atoms with E-state index in [0.717, 1.165) is 12.8 Å². The van der Waals surface area contributed by atoms with Crippen molar-refractivity contribution < 1.29 is 19.1 Å². The zero-order valence-corrected chi connectivity index (χ0v) is 13.4. The van der Waals surface area contributed by atoms with Crippen LogP contribution >= 0.6 is 0 Å². The van der Waals surface area contributed by atoms with E-state index in [4.69, 9.17) is 9.47 Å². The fourth-order valence-electron chi connectivity index (χ4n) is 3.25. The predicted octanol–water partition coefficient (Wildman–Crippen LogP) is 1.54. The van der Waals surface area contributed by atoms with Crippen molar-refractivity contribution >= 4 is 12.1 Å². The monoisotopic (exact) mass is 298 g/mol. The van der Waals surface area contributed by atoms with Crippen molar-refractivity contribution in [3.05, 3.63) is 0 Å². The Morgan fingerprint density at radius 3 is 2.71 bits per heavy atom. The van der Waals surface area contributed by atoms with Gasteiger partial charge < -0.3 is 19.7 Å². The Labute approximate surface area is 126 Å². The van der Waals surface area contributed by atoms with E-state index in [9.17, 15) is 9.59 Å². The second-order valence-corrected chi connectivity index (χ2v) is 6.80. The zero-order valence-electron chi connectivity index (χ0n) is 13.4. The summed E-state index contributed by atoms with van der Waals surface area (Å²) in [5.41, 5.74) is -1.15. The van der Waals surface area contributed by atoms with Gasteiger partial charge in [0.1, 0.15) is 11.0 Å². The summed E-state index contributed by atoms with van der Waals surface area (Å²) in [6.07, 6.45) is 1.20. The quantitative estimate of drug-likeness (QED) is 0.783. The van der Waals surface area contributed by atoms with Crippen molar-refractivity contribution in [2.75, 3.05) is 26.2 Å². The molecule has 6 nitrogen and oxygen atoms in total. The van der Waals surface area contributed by atoms with Crippen molar-refractivity contribution in [3.63, 3.8) is 0 Å². The summed E-state index contributed by atoms with van der Waals surface area (Å²) < 4.78 is 10.7. The molecule has 0 aliphatic carbocycles. The third kappa shape index (κ3) is 3.15. The molecule has 0 unspecified atom stereocenters. The van der Waals surface area contributed by atoms with Crippen molar-refractivity contribution in [2.45, 2.75) is 52.2 Å². The molecule has 0 radical (unpaired) electrons. The van der Waals surface area contributed by atoms with Crippen molar-refractivity contribution in [1.29, 1.82) is 0 Å². The van der Waals surface area contributed by atoms with Gasteiger partial charge in [0.05, 0.1) is 12.6 Å². The van der Waals surface area contributed by atoms with Gasteiger partial charge in [-0.2, -0.15) is 0 Å². The number of nitrogens with one attached hydrogen (secondary N) is 1. The third-order valence-corrected chi connectivity index (χ3v) is 4.12. The highest BCUT2D eigenvalue weighted by Gasteiger charge is 2.55. The van der Waals surface area contributed by atoms with Crippen LogP contribution in [0.3, 0.4) is 0 Å². The van der Waals surface area contributed by atoms with Gasteiger partial charge in [-0.15, -0.1) is 0 Å². The van der Waals surface area contributed by atoms with E-state index in [0.29, 0.717) is 26.2 Å². The smallest absolute Gasteiger partial charge is 0.410 e. The molecule has 2 atom stereocenters. The Balaban J connectivity index is 2.18. The summed E-state index contributed by atoms with van der Waals surface area (Å²) in [6, 6.07) is -0.180. The molecule has 2 aliphatic rings. The predicted molar refractivity (Wildman–Crippen MR) is 77.9 cm³/mol. The average Bonchev–Trinajstić information content (AvgIpc) is 2.81. The summed E-state index contributed by atoms with van der Waals surface area (Å²) in [7, 11) is 0. The minimum absolute atomic E-state index is 0.180. The highest BCUT2D eigenvalue weighted by Crippen LogP contribution is 2.40. The molecule has 2 aliphatic heterocycles. The van der Waals surface area contributed by atoms with Crippen LogP contribution in [0.2, 0.25) is 0 Å². The Hall–Kier alpha value is -1.30. The van der Waals surface area contributed by atoms with E-state index in [2.05, 4.69) is 5.32 Å². The Morgan fingerprint density at radius 1 is 1.38 bits per heavy atom. The molecule has 21 heavy (non-hydrogen) atoms. The Bertz CT molecular complexity index is 418. The van der Waals surface area contributed by atoms with Crippen LogP contribution < -0.4 is 5.32 Å². The topological polar surface area (TPSA) is 67.9 Å². The highest BCUT2D eigenvalue weighted by molar-refractivity contribution is 5.80. The van der Waals surface area contributed by atoms with E-state index in [-0.39, 0.29) is 18.1 Å². The van der Waals surface area contributed by atoms with Crippen molar-refractivity contribution in [1.82, 2.24) is 10.2 Å². The van der Waals surface area contributed by atoms with Gasteiger partial charge in [0.15, 0.2) is 0 Å². The number of hydrogen-bond acceptors (Lipinski definition) is 5. The molecule has 0 aromatic carbocycles. The first-order valence-electron chi connectivity index (χ1n) is 7.68. The molecule has 0 aromatic heterocycles. The van der Waals surface area contributed by atoms with Crippen LogP contribution in [0.5, 0.6) is 0 Å². The lowest BCUT2D eigenvalue weighted by atomic mass is 9.75. The summed E-state index contributed by atoms with van der Waals surface area (Å²) in [5.74, 6) is -0.201. The van der Waals surface area contributed by atoms with E-state index >= 15 is 0 Å². The normalized spacial score (nSPS) is 29.0. The molecule has 120 valence electrons. The largest absolute Gasteiger partial charge is 0.465 e. The number of ether oxygens (including phenoxy) is 2. The van der Waals surface area contributed by atoms with Gasteiger partial charge in [0.2, 0.25) is 0 Å². The number of nitrogens with zero attached hydrogens (tertiary/aromatic N) is 1. The number of amides is 1. The molecule has 2 fully saturated rings. The van der Waals surface area contributed by atoms with Gasteiger partial charge in [0.25, 0.3) is 0 Å². The molecule has 0 saturated carbocycles. The Morgan fingerprint density at radius 2 is 2.10 bits per heavy atom. The summed E-state index contributed by atoms with van der Waals surface area (Å²) in [4.78, 5) is 26.5. The van der Waals surface area contributed by atoms with Gasteiger partial charge in [-0.25, -0.2) is 4.79 Å². The maximum absolute atomic E-state index is 12.4. The summed E-state index contributed by atoms with van der Waals surface area (Å²) >= 11 is 0. The second kappa shape index (κ2) is 5.83. The lowest BCUT2D eigenvalue weighted by molar-refractivity contribution is -0.159. The number of fused-ring (bicyclic) bond motifs is 1. The molecule has 1 N–H and O–H groups in total. The molecular weight excluding hydrogens is 272 g/mol. The first kappa shape index (κ1) is 16.1. The van der Waals surface area contributed by atoms with Crippen molar-refractivity contribution in [3.8, 4) is 0 Å². The minimum Gasteiger partial charge on any atom is -0.465 e. The van der Waals surface area contributed by atoms with Crippen molar-refractivity contribution in [2.24, 2.45) is 5.41 Å². The first-order valence-corrected chi connectivity index (χ1v) is 7.68. The van der Waals surface area contributed by atoms with Gasteiger partial charge in [-0.05, 0) is 40.5 Å². The van der Waals surface area contributed by atoms with Crippen LogP contribution in [0.15, 0.2) is 0 Å². The van der Waals surface area contributed by atoms with E-state index in [1.165, 1.54) is 0 Å². The molecule has 0 spiro atoms. The SMILES string of the molecule is CCOC(=O)[C@@]12CCCN(C(=O)OC(C)(C)C)[C@@H]1CNC2. The fourth-order valence-corrected chi connectivity index (χ4v) is 3.25. The number of esters is 1. The summed E-state index contributed by atoms with van der Waals surface area (Å²) in [6.45, 7) is 9.51. The first-order chi connectivity index (χ1) is 9.80. The standard InChI is InChI=1S/C15H26N2O4/c1-5-20-12(18)15-7-6-8-17(11(15)9-16-10-15)13(19)21-14(2,3)4/h11,16H,5-10H2,1-4H3/t11-,15-/m1/s1. The number of carbonyl (C=O) groups excluding carboxylic acids is 2. The van der Waals surface area contributed by atoms with E-state index in [1.807, 2.05) is 20.8 Å². The maximum atomic E-state index is 12.4. The molecule has 2 heterocycles. The number of carbonyl (C=O) groups is 2. The number of rotatable bonds is 2. The van der Waals surface area contributed by atoms with Crippen LogP contribution in [-0.4, -0.2) is 54.8 Å². The molecule has 1 amide bonds. The van der Waals surface area contributed by atoms with E-state index < -0.39 is 11.0 Å². The van der Waals surface area contributed by atoms with Gasteiger partial charge in [-0.3, -0.25) is 4.79 Å². The Kier molecular flexibility index (Phi) is 4.46. The van der Waals surface area contributed by atoms with E-state index in [1.54, 1.807) is 11.8 Å². The molecule has 2 rings (SSSR count). The highest BCUT2D eigenvalue weighted by atomic mass is 16.6. The molecule has 0 bridgehead atoms. The maximum Gasteiger partial charge on any atom is 0.410 e. The molecular formula is C15H26N2O4. The molecule has 6 heteroatoms. The lowest BCUT2D eigenvalue weighted by Gasteiger charge is -2.43. The van der Waals surface area contributed by atoms with Crippen LogP contribution in [0.1, 0.15) is 40.5 Å². The van der Waals surface area contributed by atoms with Gasteiger partial charge >= 0.3 is 12.1 Å². The van der Waals surface area contributed by atoms with Crippen LogP contribution in [-0.2, 0) is 14.3 Å². The third-order valence-electron chi connectivity index (χ3n) is 4.12. The van der Waals surface area contributed by atoms with Crippen LogP contribution in [0, 0.1) is 5.41 Å². The number of hydrogen-bond donors (Lipinski definition) is 1. The number of piperidine rings is 1. The molecule has 0 aromatic rings. The summed E-state index contributed by atoms with van der Waals surface area (Å²) in [5, 5.41) is 3.24. The van der Waals surface area contributed by atoms with Gasteiger partial charge in [0, 0.05) is 19.6 Å².